The van der Waals surface area contributed by atoms with Crippen LogP contribution in [0.1, 0.15) is 63.6 Å². The summed E-state index contributed by atoms with van der Waals surface area (Å²) in [6.07, 6.45) is 8.32. The second kappa shape index (κ2) is 12.8. The minimum atomic E-state index is -0.246. The Morgan fingerprint density at radius 2 is 1.74 bits per heavy atom. The first-order valence-corrected chi connectivity index (χ1v) is 12.9. The normalized spacial score (nSPS) is 14.2. The number of carbonyl (C=O) groups excluding carboxylic acids is 2. The van der Waals surface area contributed by atoms with Crippen molar-refractivity contribution in [3.05, 3.63) is 59.7 Å². The van der Waals surface area contributed by atoms with Crippen LogP contribution in [0.3, 0.4) is 0 Å². The molecule has 1 saturated carbocycles. The average molecular weight is 485 g/mol. The lowest BCUT2D eigenvalue weighted by Crippen LogP contribution is -2.49. The summed E-state index contributed by atoms with van der Waals surface area (Å²) in [4.78, 5) is 31.8. The number of carbonyl (C=O) groups is 2. The number of urea groups is 1. The van der Waals surface area contributed by atoms with E-state index >= 15 is 0 Å². The van der Waals surface area contributed by atoms with Crippen LogP contribution in [0.4, 0.5) is 9.18 Å². The number of amides is 3. The molecule has 0 radical (unpaired) electrons. The van der Waals surface area contributed by atoms with Gasteiger partial charge in [0, 0.05) is 45.1 Å². The van der Waals surface area contributed by atoms with E-state index in [4.69, 9.17) is 0 Å². The molecule has 192 valence electrons. The van der Waals surface area contributed by atoms with Crippen molar-refractivity contribution in [3.63, 3.8) is 0 Å². The Morgan fingerprint density at radius 1 is 1.06 bits per heavy atom. The van der Waals surface area contributed by atoms with Gasteiger partial charge in [0.1, 0.15) is 12.4 Å². The molecular formula is C28H41FN4O2. The molecule has 0 aliphatic heterocycles. The second-order valence-electron chi connectivity index (χ2n) is 10.3. The van der Waals surface area contributed by atoms with Crippen molar-refractivity contribution < 1.29 is 14.0 Å². The number of hydrogen-bond donors (Lipinski definition) is 0. The van der Waals surface area contributed by atoms with Crippen molar-refractivity contribution >= 4 is 11.9 Å². The van der Waals surface area contributed by atoms with E-state index in [0.29, 0.717) is 25.6 Å². The quantitative estimate of drug-likeness (QED) is 0.455. The van der Waals surface area contributed by atoms with E-state index in [-0.39, 0.29) is 30.3 Å². The van der Waals surface area contributed by atoms with Gasteiger partial charge in [-0.2, -0.15) is 0 Å². The van der Waals surface area contributed by atoms with Gasteiger partial charge in [0.15, 0.2) is 0 Å². The van der Waals surface area contributed by atoms with E-state index in [9.17, 15) is 14.0 Å². The third kappa shape index (κ3) is 7.84. The number of halogens is 1. The Morgan fingerprint density at radius 3 is 2.37 bits per heavy atom. The molecule has 1 aliphatic rings. The van der Waals surface area contributed by atoms with Crippen LogP contribution in [0.5, 0.6) is 0 Å². The summed E-state index contributed by atoms with van der Waals surface area (Å²) in [6, 6.07) is 10.6. The highest BCUT2D eigenvalue weighted by Gasteiger charge is 2.29. The Bertz CT molecular complexity index is 948. The first-order valence-electron chi connectivity index (χ1n) is 12.9. The summed E-state index contributed by atoms with van der Waals surface area (Å²) in [6.45, 7) is 6.05. The summed E-state index contributed by atoms with van der Waals surface area (Å²) in [5.41, 5.74) is 2.05. The first-order chi connectivity index (χ1) is 16.7. The lowest BCUT2D eigenvalue weighted by molar-refractivity contribution is -0.135. The van der Waals surface area contributed by atoms with E-state index in [0.717, 1.165) is 43.4 Å². The van der Waals surface area contributed by atoms with Gasteiger partial charge in [0.25, 0.3) is 0 Å². The van der Waals surface area contributed by atoms with Gasteiger partial charge >= 0.3 is 6.03 Å². The molecule has 7 heteroatoms. The maximum atomic E-state index is 13.7. The molecule has 1 fully saturated rings. The summed E-state index contributed by atoms with van der Waals surface area (Å²) in [7, 11) is 3.47. The van der Waals surface area contributed by atoms with Crippen molar-refractivity contribution in [2.45, 2.75) is 71.5 Å². The molecule has 0 saturated heterocycles. The smallest absolute Gasteiger partial charge is 0.319 e. The van der Waals surface area contributed by atoms with Gasteiger partial charge in [-0.3, -0.25) is 4.79 Å². The molecule has 0 spiro atoms. The molecule has 3 amide bonds. The van der Waals surface area contributed by atoms with Crippen molar-refractivity contribution in [2.75, 3.05) is 27.2 Å². The number of benzene rings is 1. The lowest BCUT2D eigenvalue weighted by Gasteiger charge is -2.36. The zero-order valence-corrected chi connectivity index (χ0v) is 21.8. The van der Waals surface area contributed by atoms with Gasteiger partial charge in [-0.15, -0.1) is 0 Å². The predicted octanol–water partition coefficient (Wildman–Crippen LogP) is 5.37. The minimum absolute atomic E-state index is 0.00499. The summed E-state index contributed by atoms with van der Waals surface area (Å²) in [5, 5.41) is 0. The van der Waals surface area contributed by atoms with Crippen LogP contribution in [-0.2, 0) is 17.9 Å². The molecule has 1 heterocycles. The average Bonchev–Trinajstić information content (AvgIpc) is 3.27. The van der Waals surface area contributed by atoms with E-state index in [1.165, 1.54) is 18.6 Å². The van der Waals surface area contributed by atoms with E-state index in [2.05, 4.69) is 18.4 Å². The molecule has 0 unspecified atom stereocenters. The Labute approximate surface area is 209 Å². The van der Waals surface area contributed by atoms with Crippen molar-refractivity contribution in [2.24, 2.45) is 5.92 Å². The number of aromatic nitrogens is 1. The summed E-state index contributed by atoms with van der Waals surface area (Å²) in [5.74, 6) is 0.210. The summed E-state index contributed by atoms with van der Waals surface area (Å²) >= 11 is 0. The Kier molecular flexibility index (Phi) is 9.75. The molecule has 0 bridgehead atoms. The molecular weight excluding hydrogens is 443 g/mol. The van der Waals surface area contributed by atoms with Crippen LogP contribution in [-0.4, -0.2) is 64.4 Å². The standard InChI is InChI=1S/C28H41FN4O2/c1-22(2)16-18-32(28(35)30(3)4)21-27(34)33(25-9-6-5-7-10-25)20-26-11-8-17-31(26)19-23-12-14-24(29)15-13-23/h8,11-15,17,22,25H,5-7,9-10,16,18-21H2,1-4H3. The fraction of sp³-hybridized carbons (Fsp3) is 0.571. The molecule has 0 N–H and O–H groups in total. The van der Waals surface area contributed by atoms with Crippen LogP contribution in [0.15, 0.2) is 42.6 Å². The largest absolute Gasteiger partial charge is 0.345 e. The molecule has 1 aromatic carbocycles. The van der Waals surface area contributed by atoms with Gasteiger partial charge < -0.3 is 19.3 Å². The third-order valence-corrected chi connectivity index (χ3v) is 6.81. The zero-order chi connectivity index (χ0) is 25.4. The Hall–Kier alpha value is -2.83. The van der Waals surface area contributed by atoms with Crippen LogP contribution >= 0.6 is 0 Å². The van der Waals surface area contributed by atoms with Gasteiger partial charge in [-0.05, 0) is 55.0 Å². The molecule has 1 aromatic heterocycles. The van der Waals surface area contributed by atoms with Crippen molar-refractivity contribution in [1.82, 2.24) is 19.3 Å². The monoisotopic (exact) mass is 484 g/mol. The van der Waals surface area contributed by atoms with Gasteiger partial charge in [0.2, 0.25) is 5.91 Å². The fourth-order valence-electron chi connectivity index (χ4n) is 4.72. The van der Waals surface area contributed by atoms with Crippen molar-refractivity contribution in [1.29, 1.82) is 0 Å². The molecule has 0 atom stereocenters. The third-order valence-electron chi connectivity index (χ3n) is 6.81. The predicted molar refractivity (Wildman–Crippen MR) is 137 cm³/mol. The maximum absolute atomic E-state index is 13.7. The fourth-order valence-corrected chi connectivity index (χ4v) is 4.72. The lowest BCUT2D eigenvalue weighted by atomic mass is 9.94. The van der Waals surface area contributed by atoms with E-state index < -0.39 is 0 Å². The zero-order valence-electron chi connectivity index (χ0n) is 21.8. The van der Waals surface area contributed by atoms with Crippen LogP contribution < -0.4 is 0 Å². The topological polar surface area (TPSA) is 48.8 Å². The molecule has 2 aromatic rings. The van der Waals surface area contributed by atoms with Crippen LogP contribution in [0.2, 0.25) is 0 Å². The van der Waals surface area contributed by atoms with Gasteiger partial charge in [-0.25, -0.2) is 9.18 Å². The molecule has 3 rings (SSSR count). The SMILES string of the molecule is CC(C)CCN(CC(=O)N(Cc1cccn1Cc1ccc(F)cc1)C1CCCCC1)C(=O)N(C)C. The highest BCUT2D eigenvalue weighted by atomic mass is 19.1. The van der Waals surface area contributed by atoms with Gasteiger partial charge in [0.05, 0.1) is 6.54 Å². The molecule has 6 nitrogen and oxygen atoms in total. The van der Waals surface area contributed by atoms with Gasteiger partial charge in [-0.1, -0.05) is 45.2 Å². The van der Waals surface area contributed by atoms with Crippen molar-refractivity contribution in [3.8, 4) is 0 Å². The highest BCUT2D eigenvalue weighted by Crippen LogP contribution is 2.25. The summed E-state index contributed by atoms with van der Waals surface area (Å²) < 4.78 is 15.5. The number of rotatable bonds is 10. The number of nitrogens with zero attached hydrogens (tertiary/aromatic N) is 4. The van der Waals surface area contributed by atoms with Crippen LogP contribution in [0, 0.1) is 11.7 Å². The van der Waals surface area contributed by atoms with E-state index in [1.807, 2.05) is 23.2 Å². The minimum Gasteiger partial charge on any atom is -0.345 e. The highest BCUT2D eigenvalue weighted by molar-refractivity contribution is 5.84. The van der Waals surface area contributed by atoms with Crippen LogP contribution in [0.25, 0.3) is 0 Å². The first kappa shape index (κ1) is 26.8. The molecule has 1 aliphatic carbocycles. The van der Waals surface area contributed by atoms with E-state index in [1.54, 1.807) is 36.0 Å². The second-order valence-corrected chi connectivity index (χ2v) is 10.3. The number of hydrogen-bond acceptors (Lipinski definition) is 2. The Balaban J connectivity index is 1.79. The maximum Gasteiger partial charge on any atom is 0.319 e. The molecule has 35 heavy (non-hydrogen) atoms.